The molecule has 0 saturated heterocycles. The maximum absolute atomic E-state index is 12.0. The van der Waals surface area contributed by atoms with Crippen molar-refractivity contribution in [3.63, 3.8) is 0 Å². The van der Waals surface area contributed by atoms with E-state index in [9.17, 15) is 9.90 Å². The number of aliphatic hydroxyl groups is 1. The number of thioether (sulfide) groups is 1. The molecule has 0 heterocycles. The number of urea groups is 1. The van der Waals surface area contributed by atoms with Gasteiger partial charge in [0.05, 0.1) is 17.8 Å². The van der Waals surface area contributed by atoms with Crippen molar-refractivity contribution in [3.8, 4) is 0 Å². The van der Waals surface area contributed by atoms with E-state index in [-0.39, 0.29) is 12.6 Å². The largest absolute Gasteiger partial charge is 0.389 e. The molecule has 0 unspecified atom stereocenters. The van der Waals surface area contributed by atoms with Crippen LogP contribution in [0.25, 0.3) is 0 Å². The highest BCUT2D eigenvalue weighted by atomic mass is 35.5. The third-order valence-electron chi connectivity index (χ3n) is 2.37. The van der Waals surface area contributed by atoms with Crippen LogP contribution < -0.4 is 5.32 Å². The molecule has 4 nitrogen and oxygen atoms in total. The minimum absolute atomic E-state index is 0.244. The molecule has 1 rings (SSSR count). The fraction of sp³-hybridized carbons (Fsp3) is 0.462. The average molecular weight is 303 g/mol. The van der Waals surface area contributed by atoms with Gasteiger partial charge in [0.15, 0.2) is 0 Å². The van der Waals surface area contributed by atoms with E-state index in [1.54, 1.807) is 33.0 Å². The van der Waals surface area contributed by atoms with E-state index in [2.05, 4.69) is 5.32 Å². The van der Waals surface area contributed by atoms with Gasteiger partial charge in [-0.05, 0) is 38.3 Å². The smallest absolute Gasteiger partial charge is 0.321 e. The molecule has 0 saturated carbocycles. The summed E-state index contributed by atoms with van der Waals surface area (Å²) in [6, 6.07) is 5.07. The number of anilines is 1. The minimum Gasteiger partial charge on any atom is -0.389 e. The van der Waals surface area contributed by atoms with Crippen LogP contribution in [0, 0.1) is 0 Å². The molecule has 19 heavy (non-hydrogen) atoms. The van der Waals surface area contributed by atoms with Crippen LogP contribution in [-0.2, 0) is 0 Å². The van der Waals surface area contributed by atoms with Gasteiger partial charge < -0.3 is 15.3 Å². The number of carbonyl (C=O) groups is 1. The number of nitrogens with one attached hydrogen (secondary N) is 1. The molecular formula is C13H19ClN2O2S. The summed E-state index contributed by atoms with van der Waals surface area (Å²) in [5, 5.41) is 13.1. The molecule has 1 aromatic rings. The third kappa shape index (κ3) is 5.30. The summed E-state index contributed by atoms with van der Waals surface area (Å²) in [7, 11) is 1.64. The van der Waals surface area contributed by atoms with Gasteiger partial charge in [-0.2, -0.15) is 0 Å². The Morgan fingerprint density at radius 2 is 2.16 bits per heavy atom. The van der Waals surface area contributed by atoms with Crippen molar-refractivity contribution in [2.24, 2.45) is 0 Å². The summed E-state index contributed by atoms with van der Waals surface area (Å²) < 4.78 is 0. The van der Waals surface area contributed by atoms with Crippen LogP contribution in [0.1, 0.15) is 13.8 Å². The van der Waals surface area contributed by atoms with Gasteiger partial charge in [-0.25, -0.2) is 4.79 Å². The molecular weight excluding hydrogens is 284 g/mol. The zero-order valence-corrected chi connectivity index (χ0v) is 13.1. The third-order valence-corrected chi connectivity index (χ3v) is 3.40. The van der Waals surface area contributed by atoms with Gasteiger partial charge in [0.2, 0.25) is 0 Å². The van der Waals surface area contributed by atoms with Gasteiger partial charge in [-0.3, -0.25) is 0 Å². The Balaban J connectivity index is 2.79. The summed E-state index contributed by atoms with van der Waals surface area (Å²) in [4.78, 5) is 14.4. The van der Waals surface area contributed by atoms with Gasteiger partial charge in [0.1, 0.15) is 0 Å². The van der Waals surface area contributed by atoms with Crippen LogP contribution >= 0.6 is 23.4 Å². The lowest BCUT2D eigenvalue weighted by Gasteiger charge is -2.26. The highest BCUT2D eigenvalue weighted by molar-refractivity contribution is 7.98. The number of hydrogen-bond donors (Lipinski definition) is 2. The summed E-state index contributed by atoms with van der Waals surface area (Å²) in [6.45, 7) is 3.56. The van der Waals surface area contributed by atoms with E-state index in [0.29, 0.717) is 10.7 Å². The van der Waals surface area contributed by atoms with Crippen LogP contribution in [-0.4, -0.2) is 41.5 Å². The van der Waals surface area contributed by atoms with Crippen LogP contribution in [0.3, 0.4) is 0 Å². The second-order valence-electron chi connectivity index (χ2n) is 4.94. The van der Waals surface area contributed by atoms with Crippen LogP contribution in [0.5, 0.6) is 0 Å². The van der Waals surface area contributed by atoms with Crippen LogP contribution in [0.4, 0.5) is 10.5 Å². The van der Waals surface area contributed by atoms with Crippen molar-refractivity contribution in [2.75, 3.05) is 25.2 Å². The second kappa shape index (κ2) is 6.50. The molecule has 0 bridgehead atoms. The van der Waals surface area contributed by atoms with Gasteiger partial charge in [0, 0.05) is 17.0 Å². The monoisotopic (exact) mass is 302 g/mol. The summed E-state index contributed by atoms with van der Waals surface area (Å²) in [6.07, 6.45) is 1.93. The van der Waals surface area contributed by atoms with Crippen molar-refractivity contribution in [3.05, 3.63) is 23.2 Å². The first-order valence-electron chi connectivity index (χ1n) is 5.81. The normalized spacial score (nSPS) is 11.3. The SMILES string of the molecule is CSc1ccc(Cl)cc1NC(=O)N(C)CC(C)(C)O. The summed E-state index contributed by atoms with van der Waals surface area (Å²) in [5.74, 6) is 0. The lowest BCUT2D eigenvalue weighted by Crippen LogP contribution is -2.41. The Kier molecular flexibility index (Phi) is 5.52. The number of nitrogens with zero attached hydrogens (tertiary/aromatic N) is 1. The molecule has 0 aliphatic heterocycles. The Labute approximate surface area is 123 Å². The van der Waals surface area contributed by atoms with Crippen molar-refractivity contribution in [2.45, 2.75) is 24.3 Å². The molecule has 2 N–H and O–H groups in total. The summed E-state index contributed by atoms with van der Waals surface area (Å²) >= 11 is 7.46. The molecule has 0 aliphatic carbocycles. The van der Waals surface area contributed by atoms with Gasteiger partial charge in [0.25, 0.3) is 0 Å². The molecule has 2 amide bonds. The highest BCUT2D eigenvalue weighted by Crippen LogP contribution is 2.28. The quantitative estimate of drug-likeness (QED) is 0.839. The zero-order valence-electron chi connectivity index (χ0n) is 11.5. The van der Waals surface area contributed by atoms with E-state index in [0.717, 1.165) is 4.90 Å². The predicted octanol–water partition coefficient (Wildman–Crippen LogP) is 3.30. The Bertz CT molecular complexity index is 460. The number of hydrogen-bond acceptors (Lipinski definition) is 3. The van der Waals surface area contributed by atoms with Crippen molar-refractivity contribution in [1.29, 1.82) is 0 Å². The standard InChI is InChI=1S/C13H19ClN2O2S/c1-13(2,18)8-16(3)12(17)15-10-7-9(14)5-6-11(10)19-4/h5-7,18H,8H2,1-4H3,(H,15,17). The van der Waals surface area contributed by atoms with E-state index < -0.39 is 5.60 Å². The lowest BCUT2D eigenvalue weighted by molar-refractivity contribution is 0.0550. The number of amides is 2. The predicted molar refractivity (Wildman–Crippen MR) is 81.2 cm³/mol. The fourth-order valence-corrected chi connectivity index (χ4v) is 2.35. The number of carbonyl (C=O) groups excluding carboxylic acids is 1. The first-order valence-corrected chi connectivity index (χ1v) is 7.41. The Morgan fingerprint density at radius 1 is 1.53 bits per heavy atom. The minimum atomic E-state index is -0.928. The number of rotatable bonds is 4. The highest BCUT2D eigenvalue weighted by Gasteiger charge is 2.19. The van der Waals surface area contributed by atoms with Gasteiger partial charge >= 0.3 is 6.03 Å². The fourth-order valence-electron chi connectivity index (χ4n) is 1.64. The second-order valence-corrected chi connectivity index (χ2v) is 6.23. The van der Waals surface area contributed by atoms with E-state index in [1.807, 2.05) is 12.3 Å². The van der Waals surface area contributed by atoms with Crippen molar-refractivity contribution >= 4 is 35.1 Å². The first kappa shape index (κ1) is 16.1. The lowest BCUT2D eigenvalue weighted by atomic mass is 10.1. The van der Waals surface area contributed by atoms with Crippen molar-refractivity contribution in [1.82, 2.24) is 4.90 Å². The molecule has 0 aliphatic rings. The van der Waals surface area contributed by atoms with Crippen LogP contribution in [0.15, 0.2) is 23.1 Å². The molecule has 0 spiro atoms. The van der Waals surface area contributed by atoms with Crippen molar-refractivity contribution < 1.29 is 9.90 Å². The molecule has 0 atom stereocenters. The molecule has 106 valence electrons. The zero-order chi connectivity index (χ0) is 14.6. The van der Waals surface area contributed by atoms with E-state index >= 15 is 0 Å². The van der Waals surface area contributed by atoms with Crippen LogP contribution in [0.2, 0.25) is 5.02 Å². The first-order chi connectivity index (χ1) is 8.73. The van der Waals surface area contributed by atoms with Gasteiger partial charge in [-0.1, -0.05) is 11.6 Å². The van der Waals surface area contributed by atoms with E-state index in [4.69, 9.17) is 11.6 Å². The average Bonchev–Trinajstić information content (AvgIpc) is 2.27. The van der Waals surface area contributed by atoms with Gasteiger partial charge in [-0.15, -0.1) is 11.8 Å². The Hall–Kier alpha value is -0.910. The summed E-state index contributed by atoms with van der Waals surface area (Å²) in [5.41, 5.74) is -0.254. The Morgan fingerprint density at radius 3 is 2.68 bits per heavy atom. The molecule has 0 radical (unpaired) electrons. The molecule has 0 fully saturated rings. The van der Waals surface area contributed by atoms with E-state index in [1.165, 1.54) is 16.7 Å². The number of likely N-dealkylation sites (N-methyl/N-ethyl adjacent to an activating group) is 1. The number of benzene rings is 1. The topological polar surface area (TPSA) is 52.6 Å². The maximum Gasteiger partial charge on any atom is 0.321 e. The molecule has 6 heteroatoms. The maximum atomic E-state index is 12.0. The molecule has 1 aromatic carbocycles. The molecule has 0 aromatic heterocycles. The number of halogens is 1.